The lowest BCUT2D eigenvalue weighted by atomic mass is 9.66. The molecule has 190 valence electrons. The molecule has 1 saturated carbocycles. The van der Waals surface area contributed by atoms with E-state index in [-0.39, 0.29) is 34.2 Å². The first kappa shape index (κ1) is 23.7. The maximum atomic E-state index is 14.5. The van der Waals surface area contributed by atoms with Crippen LogP contribution >= 0.6 is 0 Å². The van der Waals surface area contributed by atoms with Gasteiger partial charge in [0.2, 0.25) is 5.89 Å². The largest absolute Gasteiger partial charge is 0.443 e. The minimum Gasteiger partial charge on any atom is -0.443 e. The lowest BCUT2D eigenvalue weighted by Crippen LogP contribution is -2.38. The van der Waals surface area contributed by atoms with Gasteiger partial charge in [0.15, 0.2) is 0 Å². The van der Waals surface area contributed by atoms with E-state index in [0.717, 1.165) is 24.1 Å². The maximum Gasteiger partial charge on any atom is 0.247 e. The van der Waals surface area contributed by atoms with Crippen molar-refractivity contribution < 1.29 is 23.4 Å². The molecule has 2 bridgehead atoms. The van der Waals surface area contributed by atoms with Crippen molar-refractivity contribution in [1.29, 1.82) is 0 Å². The second-order valence-electron chi connectivity index (χ2n) is 10.6. The second kappa shape index (κ2) is 7.93. The van der Waals surface area contributed by atoms with Gasteiger partial charge in [-0.25, -0.2) is 18.7 Å². The number of nitrogens with zero attached hydrogens (tertiary/aromatic N) is 5. The Morgan fingerprint density at radius 1 is 1.11 bits per heavy atom. The van der Waals surface area contributed by atoms with Gasteiger partial charge in [-0.15, -0.1) is 5.10 Å². The number of aromatic nitrogens is 5. The number of halogens is 2. The summed E-state index contributed by atoms with van der Waals surface area (Å²) in [7, 11) is 0. The van der Waals surface area contributed by atoms with Gasteiger partial charge in [-0.1, -0.05) is 19.9 Å². The van der Waals surface area contributed by atoms with Crippen LogP contribution in [0.15, 0.2) is 47.3 Å². The summed E-state index contributed by atoms with van der Waals surface area (Å²) >= 11 is 0. The Hall–Kier alpha value is -3.63. The molecule has 1 aromatic carbocycles. The average molecular weight is 506 g/mol. The van der Waals surface area contributed by atoms with E-state index < -0.39 is 29.3 Å². The molecule has 2 aliphatic carbocycles. The predicted molar refractivity (Wildman–Crippen MR) is 128 cm³/mol. The summed E-state index contributed by atoms with van der Waals surface area (Å²) in [5, 5.41) is 28.6. The topological polar surface area (TPSA) is 118 Å². The summed E-state index contributed by atoms with van der Waals surface area (Å²) in [4.78, 5) is 13.6. The van der Waals surface area contributed by atoms with Crippen LogP contribution < -0.4 is 0 Å². The van der Waals surface area contributed by atoms with Crippen LogP contribution in [0.1, 0.15) is 62.2 Å². The Bertz CT molecular complexity index is 1520. The van der Waals surface area contributed by atoms with Gasteiger partial charge in [-0.3, -0.25) is 4.98 Å². The molecule has 6 rings (SSSR count). The number of rotatable bonds is 5. The first-order chi connectivity index (χ1) is 17.6. The van der Waals surface area contributed by atoms with E-state index in [2.05, 4.69) is 34.0 Å². The number of oxazole rings is 1. The smallest absolute Gasteiger partial charge is 0.247 e. The van der Waals surface area contributed by atoms with Gasteiger partial charge in [0.1, 0.15) is 34.9 Å². The van der Waals surface area contributed by atoms with Crippen LogP contribution in [0.3, 0.4) is 0 Å². The van der Waals surface area contributed by atoms with Gasteiger partial charge in [0.25, 0.3) is 0 Å². The third-order valence-electron chi connectivity index (χ3n) is 8.26. The zero-order valence-electron chi connectivity index (χ0n) is 20.5. The first-order valence-electron chi connectivity index (χ1n) is 12.0. The van der Waals surface area contributed by atoms with E-state index >= 15 is 0 Å². The van der Waals surface area contributed by atoms with E-state index in [9.17, 15) is 19.0 Å². The van der Waals surface area contributed by atoms with Crippen LogP contribution in [0.25, 0.3) is 22.8 Å². The van der Waals surface area contributed by atoms with E-state index in [1.807, 2.05) is 0 Å². The summed E-state index contributed by atoms with van der Waals surface area (Å²) in [6.45, 7) is 5.21. The van der Waals surface area contributed by atoms with Crippen molar-refractivity contribution in [3.63, 3.8) is 0 Å². The number of aliphatic hydroxyl groups excluding tert-OH is 1. The van der Waals surface area contributed by atoms with Crippen LogP contribution in [0.4, 0.5) is 8.78 Å². The zero-order chi connectivity index (χ0) is 26.2. The Labute approximate surface area is 211 Å². The highest BCUT2D eigenvalue weighted by molar-refractivity contribution is 5.64. The van der Waals surface area contributed by atoms with E-state index in [1.165, 1.54) is 37.6 Å². The quantitative estimate of drug-likeness (QED) is 0.413. The van der Waals surface area contributed by atoms with E-state index in [1.54, 1.807) is 12.3 Å². The van der Waals surface area contributed by atoms with Crippen molar-refractivity contribution in [1.82, 2.24) is 25.1 Å². The highest BCUT2D eigenvalue weighted by Crippen LogP contribution is 2.69. The summed E-state index contributed by atoms with van der Waals surface area (Å²) < 4.78 is 34.6. The van der Waals surface area contributed by atoms with E-state index in [0.29, 0.717) is 11.4 Å². The molecular weight excluding hydrogens is 480 g/mol. The molecule has 1 fully saturated rings. The Morgan fingerprint density at radius 3 is 2.59 bits per heavy atom. The van der Waals surface area contributed by atoms with Crippen LogP contribution in [0.5, 0.6) is 0 Å². The molecule has 0 radical (unpaired) electrons. The van der Waals surface area contributed by atoms with Gasteiger partial charge < -0.3 is 14.6 Å². The second-order valence-corrected chi connectivity index (χ2v) is 10.6. The Morgan fingerprint density at radius 2 is 1.86 bits per heavy atom. The van der Waals surface area contributed by atoms with Crippen LogP contribution in [0, 0.1) is 17.0 Å². The molecule has 1 unspecified atom stereocenters. The molecule has 2 N–H and O–H groups in total. The molecule has 0 spiro atoms. The van der Waals surface area contributed by atoms with Crippen molar-refractivity contribution in [3.05, 3.63) is 77.2 Å². The van der Waals surface area contributed by atoms with E-state index in [4.69, 9.17) is 9.40 Å². The SMILES string of the molecule is CC(O)(CO)c1coc(-c2cncc([C@@]34CC[C@@H](c5cc(-c6c(F)cccc6F)nnc53)C4(C)C)n2)n1. The number of aliphatic hydroxyl groups is 2. The molecular formula is C27H25F2N5O3. The zero-order valence-corrected chi connectivity index (χ0v) is 20.5. The predicted octanol–water partition coefficient (Wildman–Crippen LogP) is 4.27. The van der Waals surface area contributed by atoms with Crippen LogP contribution in [-0.2, 0) is 11.0 Å². The highest BCUT2D eigenvalue weighted by atomic mass is 19.1. The summed E-state index contributed by atoms with van der Waals surface area (Å²) in [5.41, 5.74) is 0.340. The Balaban J connectivity index is 1.47. The third-order valence-corrected chi connectivity index (χ3v) is 8.26. The number of fused-ring (bicyclic) bond motifs is 5. The van der Waals surface area contributed by atoms with Crippen molar-refractivity contribution in [2.24, 2.45) is 5.41 Å². The Kier molecular flexibility index (Phi) is 5.09. The number of hydrogen-bond donors (Lipinski definition) is 2. The van der Waals surface area contributed by atoms with Gasteiger partial charge in [-0.05, 0) is 54.9 Å². The maximum absolute atomic E-state index is 14.5. The molecule has 10 heteroatoms. The molecule has 0 amide bonds. The van der Waals surface area contributed by atoms with Gasteiger partial charge >= 0.3 is 0 Å². The standard InChI is InChI=1S/C27H25F2N5O3/c1-25(2)15-7-8-27(25,23-14(15)9-18(33-34-23)22-16(28)5-4-6-17(22)29)20-11-30-10-19(31-20)24-32-21(12-37-24)26(3,36)13-35/h4-6,9-12,15,35-36H,7-8,13H2,1-3H3/t15-,26?,27-/m0/s1. The van der Waals surface area contributed by atoms with Crippen molar-refractivity contribution in [3.8, 4) is 22.8 Å². The molecule has 3 aromatic heterocycles. The van der Waals surface area contributed by atoms with Crippen LogP contribution in [-0.4, -0.2) is 42.0 Å². The lowest BCUT2D eigenvalue weighted by Gasteiger charge is -2.37. The monoisotopic (exact) mass is 505 g/mol. The summed E-state index contributed by atoms with van der Waals surface area (Å²) in [6, 6.07) is 5.49. The lowest BCUT2D eigenvalue weighted by molar-refractivity contribution is -0.00589. The average Bonchev–Trinajstić information content (AvgIpc) is 3.53. The van der Waals surface area contributed by atoms with Crippen molar-refractivity contribution in [2.75, 3.05) is 6.61 Å². The fraction of sp³-hybridized carbons (Fsp3) is 0.370. The van der Waals surface area contributed by atoms with Gasteiger partial charge in [0.05, 0.1) is 40.9 Å². The molecule has 2 aliphatic rings. The summed E-state index contributed by atoms with van der Waals surface area (Å²) in [5.74, 6) is -1.12. The fourth-order valence-electron chi connectivity index (χ4n) is 6.15. The van der Waals surface area contributed by atoms with Gasteiger partial charge in [-0.2, -0.15) is 5.10 Å². The van der Waals surface area contributed by atoms with Crippen molar-refractivity contribution >= 4 is 0 Å². The molecule has 0 saturated heterocycles. The molecule has 3 heterocycles. The minimum absolute atomic E-state index is 0.0880. The minimum atomic E-state index is -1.55. The normalized spacial score (nSPS) is 23.2. The summed E-state index contributed by atoms with van der Waals surface area (Å²) in [6.07, 6.45) is 6.11. The molecule has 3 atom stereocenters. The number of benzene rings is 1. The molecule has 4 aromatic rings. The van der Waals surface area contributed by atoms with Gasteiger partial charge in [0, 0.05) is 6.20 Å². The fourth-order valence-corrected chi connectivity index (χ4v) is 6.15. The van der Waals surface area contributed by atoms with Crippen molar-refractivity contribution in [2.45, 2.75) is 50.5 Å². The molecule has 0 aliphatic heterocycles. The van der Waals surface area contributed by atoms with Crippen LogP contribution in [0.2, 0.25) is 0 Å². The molecule has 37 heavy (non-hydrogen) atoms. The molecule has 8 nitrogen and oxygen atoms in total. The third kappa shape index (κ3) is 3.21. The first-order valence-corrected chi connectivity index (χ1v) is 12.0. The number of hydrogen-bond acceptors (Lipinski definition) is 8. The highest BCUT2D eigenvalue weighted by Gasteiger charge is 2.65.